The van der Waals surface area contributed by atoms with Gasteiger partial charge in [0.15, 0.2) is 5.76 Å². The van der Waals surface area contributed by atoms with Crippen LogP contribution in [-0.4, -0.2) is 11.1 Å². The van der Waals surface area contributed by atoms with E-state index in [0.717, 1.165) is 5.56 Å². The average molecular weight is 411 g/mol. The summed E-state index contributed by atoms with van der Waals surface area (Å²) < 4.78 is 36.6. The zero-order chi connectivity index (χ0) is 21.3. The van der Waals surface area contributed by atoms with Gasteiger partial charge in [0.2, 0.25) is 6.29 Å². The lowest BCUT2D eigenvalue weighted by atomic mass is 10.1. The summed E-state index contributed by atoms with van der Waals surface area (Å²) in [5.74, 6) is -0.109. The van der Waals surface area contributed by atoms with Crippen molar-refractivity contribution in [3.63, 3.8) is 0 Å². The van der Waals surface area contributed by atoms with Gasteiger partial charge in [0.1, 0.15) is 23.7 Å². The van der Waals surface area contributed by atoms with E-state index in [1.807, 2.05) is 44.2 Å². The average Bonchev–Trinajstić information content (AvgIpc) is 3.14. The van der Waals surface area contributed by atoms with Crippen LogP contribution < -0.4 is 4.74 Å². The molecule has 2 heterocycles. The Bertz CT molecular complexity index is 1060. The number of halogens is 1. The normalized spacial score (nSPS) is 15.6. The van der Waals surface area contributed by atoms with Gasteiger partial charge in [-0.3, -0.25) is 0 Å². The molecule has 3 aromatic rings. The van der Waals surface area contributed by atoms with Gasteiger partial charge in [0.05, 0.1) is 12.3 Å². The molecule has 1 aromatic heterocycles. The first-order valence-corrected chi connectivity index (χ1v) is 9.71. The van der Waals surface area contributed by atoms with E-state index in [1.54, 1.807) is 6.92 Å². The van der Waals surface area contributed by atoms with Crippen molar-refractivity contribution >= 4 is 5.97 Å². The van der Waals surface area contributed by atoms with Gasteiger partial charge in [0, 0.05) is 22.6 Å². The number of carbonyl (C=O) groups excluding carboxylic acids is 1. The number of fused-ring (bicyclic) bond motifs is 1. The highest BCUT2D eigenvalue weighted by molar-refractivity contribution is 5.91. The highest BCUT2D eigenvalue weighted by Gasteiger charge is 2.27. The number of aryl methyl sites for hydroxylation is 1. The molecular weight excluding hydrogens is 389 g/mol. The molecule has 0 N–H and O–H groups in total. The molecule has 0 amide bonds. The highest BCUT2D eigenvalue weighted by Crippen LogP contribution is 2.37. The number of hydrogen-bond donors (Lipinski definition) is 0. The summed E-state index contributed by atoms with van der Waals surface area (Å²) in [6.45, 7) is 5.52. The van der Waals surface area contributed by atoms with Gasteiger partial charge in [-0.1, -0.05) is 49.3 Å². The van der Waals surface area contributed by atoms with Crippen LogP contribution in [0.4, 0.5) is 4.39 Å². The van der Waals surface area contributed by atoms with E-state index in [-0.39, 0.29) is 19.1 Å². The molecule has 30 heavy (non-hydrogen) atoms. The van der Waals surface area contributed by atoms with Crippen LogP contribution in [0.3, 0.4) is 0 Å². The fraction of sp³-hybridized carbons (Fsp3) is 0.304. The van der Waals surface area contributed by atoms with Gasteiger partial charge in [-0.05, 0) is 19.1 Å². The molecular formula is C23H22FNO5. The summed E-state index contributed by atoms with van der Waals surface area (Å²) in [6, 6.07) is 12.1. The molecule has 1 aliphatic heterocycles. The number of aromatic nitrogens is 1. The van der Waals surface area contributed by atoms with Crippen LogP contribution in [0.15, 0.2) is 47.0 Å². The minimum Gasteiger partial charge on any atom is -0.460 e. The molecule has 7 heteroatoms. The third-order valence-corrected chi connectivity index (χ3v) is 4.87. The predicted octanol–water partition coefficient (Wildman–Crippen LogP) is 5.21. The smallest absolute Gasteiger partial charge is 0.344 e. The molecule has 0 aliphatic carbocycles. The van der Waals surface area contributed by atoms with Crippen molar-refractivity contribution in [1.29, 1.82) is 0 Å². The predicted molar refractivity (Wildman–Crippen MR) is 105 cm³/mol. The minimum absolute atomic E-state index is 0.0252. The Kier molecular flexibility index (Phi) is 5.55. The summed E-state index contributed by atoms with van der Waals surface area (Å²) in [5.41, 5.74) is 2.61. The maximum absolute atomic E-state index is 14.1. The molecule has 0 radical (unpaired) electrons. The number of rotatable bonds is 5. The van der Waals surface area contributed by atoms with Crippen LogP contribution in [0.2, 0.25) is 0 Å². The van der Waals surface area contributed by atoms with E-state index in [2.05, 4.69) is 5.16 Å². The molecule has 4 rings (SSSR count). The van der Waals surface area contributed by atoms with Crippen LogP contribution in [-0.2, 0) is 22.7 Å². The fourth-order valence-electron chi connectivity index (χ4n) is 3.40. The Hall–Kier alpha value is -3.19. The molecule has 0 unspecified atom stereocenters. The van der Waals surface area contributed by atoms with E-state index in [9.17, 15) is 9.18 Å². The Morgan fingerprint density at radius 3 is 2.77 bits per heavy atom. The molecule has 2 aromatic carbocycles. The van der Waals surface area contributed by atoms with Crippen molar-refractivity contribution < 1.29 is 27.9 Å². The standard InChI is InChI=1S/C23H22FNO5/c1-13(2)20-19(14(3)25-30-20)22(26)27-11-16-9-18(24)10-17-12-28-23(29-21(16)17)15-7-5-4-6-8-15/h4-10,13,23H,11-12H2,1-3H3/t23-/m1/s1. The molecule has 1 atom stereocenters. The van der Waals surface area contributed by atoms with Gasteiger partial charge >= 0.3 is 5.97 Å². The lowest BCUT2D eigenvalue weighted by Crippen LogP contribution is -2.20. The minimum atomic E-state index is -0.619. The second kappa shape index (κ2) is 8.28. The maximum atomic E-state index is 14.1. The Morgan fingerprint density at radius 2 is 2.03 bits per heavy atom. The number of benzene rings is 2. The van der Waals surface area contributed by atoms with Gasteiger partial charge in [-0.2, -0.15) is 0 Å². The SMILES string of the molecule is Cc1noc(C(C)C)c1C(=O)OCc1cc(F)cc2c1O[C@H](c1ccccc1)OC2. The van der Waals surface area contributed by atoms with Crippen molar-refractivity contribution in [1.82, 2.24) is 5.16 Å². The molecule has 0 saturated carbocycles. The van der Waals surface area contributed by atoms with E-state index < -0.39 is 18.1 Å². The number of carbonyl (C=O) groups is 1. The fourth-order valence-corrected chi connectivity index (χ4v) is 3.40. The third kappa shape index (κ3) is 3.93. The second-order valence-corrected chi connectivity index (χ2v) is 7.46. The van der Waals surface area contributed by atoms with Crippen molar-refractivity contribution in [2.75, 3.05) is 0 Å². The number of ether oxygens (including phenoxy) is 3. The molecule has 0 spiro atoms. The van der Waals surface area contributed by atoms with Crippen LogP contribution in [0, 0.1) is 12.7 Å². The topological polar surface area (TPSA) is 70.8 Å². The van der Waals surface area contributed by atoms with Crippen molar-refractivity contribution in [3.8, 4) is 5.75 Å². The summed E-state index contributed by atoms with van der Waals surface area (Å²) in [5, 5.41) is 3.86. The third-order valence-electron chi connectivity index (χ3n) is 4.87. The second-order valence-electron chi connectivity index (χ2n) is 7.46. The molecule has 6 nitrogen and oxygen atoms in total. The van der Waals surface area contributed by atoms with Crippen LogP contribution in [0.25, 0.3) is 0 Å². The quantitative estimate of drug-likeness (QED) is 0.537. The van der Waals surface area contributed by atoms with Crippen LogP contribution in [0.5, 0.6) is 5.75 Å². The van der Waals surface area contributed by atoms with Crippen molar-refractivity contribution in [2.24, 2.45) is 0 Å². The lowest BCUT2D eigenvalue weighted by molar-refractivity contribution is -0.112. The first-order chi connectivity index (χ1) is 14.4. The van der Waals surface area contributed by atoms with Crippen LogP contribution >= 0.6 is 0 Å². The van der Waals surface area contributed by atoms with E-state index in [0.29, 0.717) is 33.9 Å². The monoisotopic (exact) mass is 411 g/mol. The van der Waals surface area contributed by atoms with Crippen LogP contribution in [0.1, 0.15) is 64.6 Å². The maximum Gasteiger partial charge on any atom is 0.344 e. The summed E-state index contributed by atoms with van der Waals surface area (Å²) in [4.78, 5) is 12.7. The largest absolute Gasteiger partial charge is 0.460 e. The Labute approximate surface area is 173 Å². The number of nitrogens with zero attached hydrogens (tertiary/aromatic N) is 1. The van der Waals surface area contributed by atoms with Crippen molar-refractivity contribution in [3.05, 3.63) is 82.0 Å². The van der Waals surface area contributed by atoms with Gasteiger partial charge < -0.3 is 18.7 Å². The Balaban J connectivity index is 1.57. The highest BCUT2D eigenvalue weighted by atomic mass is 19.1. The van der Waals surface area contributed by atoms with E-state index in [1.165, 1.54) is 12.1 Å². The van der Waals surface area contributed by atoms with Crippen molar-refractivity contribution in [2.45, 2.75) is 46.2 Å². The molecule has 0 saturated heterocycles. The molecule has 0 bridgehead atoms. The molecule has 156 valence electrons. The molecule has 1 aliphatic rings. The van der Waals surface area contributed by atoms with E-state index in [4.69, 9.17) is 18.7 Å². The Morgan fingerprint density at radius 1 is 1.27 bits per heavy atom. The van der Waals surface area contributed by atoms with Gasteiger partial charge in [0.25, 0.3) is 0 Å². The summed E-state index contributed by atoms with van der Waals surface area (Å²) in [7, 11) is 0. The first kappa shape index (κ1) is 20.1. The number of esters is 1. The molecule has 0 fully saturated rings. The lowest BCUT2D eigenvalue weighted by Gasteiger charge is -2.28. The van der Waals surface area contributed by atoms with E-state index >= 15 is 0 Å². The van der Waals surface area contributed by atoms with Gasteiger partial charge in [-0.15, -0.1) is 0 Å². The zero-order valence-electron chi connectivity index (χ0n) is 17.0. The number of hydrogen-bond acceptors (Lipinski definition) is 6. The zero-order valence-corrected chi connectivity index (χ0v) is 17.0. The summed E-state index contributed by atoms with van der Waals surface area (Å²) >= 11 is 0. The summed E-state index contributed by atoms with van der Waals surface area (Å²) in [6.07, 6.45) is -0.619. The first-order valence-electron chi connectivity index (χ1n) is 9.71. The van der Waals surface area contributed by atoms with Gasteiger partial charge in [-0.25, -0.2) is 9.18 Å².